The molecule has 0 aromatic carbocycles. The number of amides is 1. The fraction of sp³-hybridized carbons (Fsp3) is 0.789. The molecule has 2 saturated heterocycles. The van der Waals surface area contributed by atoms with Gasteiger partial charge in [0.05, 0.1) is 0 Å². The lowest BCUT2D eigenvalue weighted by Crippen LogP contribution is -2.41. The van der Waals surface area contributed by atoms with Gasteiger partial charge in [0.2, 0.25) is 5.91 Å². The van der Waals surface area contributed by atoms with Crippen molar-refractivity contribution in [2.45, 2.75) is 64.3 Å². The van der Waals surface area contributed by atoms with Crippen LogP contribution in [0.25, 0.3) is 0 Å². The number of unbranched alkanes of at least 4 members (excludes halogenated alkanes) is 1. The smallest absolute Gasteiger partial charge is 0.223 e. The zero-order valence-electron chi connectivity index (χ0n) is 15.1. The van der Waals surface area contributed by atoms with E-state index in [4.69, 9.17) is 0 Å². The van der Waals surface area contributed by atoms with Crippen LogP contribution in [0, 0.1) is 0 Å². The van der Waals surface area contributed by atoms with Crippen LogP contribution in [0.15, 0.2) is 12.4 Å². The highest BCUT2D eigenvalue weighted by Gasteiger charge is 2.27. The van der Waals surface area contributed by atoms with E-state index in [1.54, 1.807) is 0 Å². The molecular weight excluding hydrogens is 300 g/mol. The fourth-order valence-corrected chi connectivity index (χ4v) is 4.03. The molecular formula is C19H32N4O. The summed E-state index contributed by atoms with van der Waals surface area (Å²) in [6.45, 7) is 8.32. The molecule has 5 heteroatoms. The van der Waals surface area contributed by atoms with Gasteiger partial charge in [-0.25, -0.2) is 4.98 Å². The molecule has 0 spiro atoms. The molecule has 0 radical (unpaired) electrons. The molecule has 2 aliphatic rings. The molecule has 1 atom stereocenters. The van der Waals surface area contributed by atoms with Gasteiger partial charge in [0, 0.05) is 50.9 Å². The number of aromatic nitrogens is 2. The minimum Gasteiger partial charge on any atom is -0.342 e. The zero-order valence-corrected chi connectivity index (χ0v) is 15.1. The lowest BCUT2D eigenvalue weighted by Gasteiger charge is -2.33. The minimum atomic E-state index is 0.332. The van der Waals surface area contributed by atoms with Gasteiger partial charge < -0.3 is 14.4 Å². The summed E-state index contributed by atoms with van der Waals surface area (Å²) in [6.07, 6.45) is 11.9. The summed E-state index contributed by atoms with van der Waals surface area (Å²) < 4.78 is 2.30. The van der Waals surface area contributed by atoms with Crippen LogP contribution in [-0.4, -0.2) is 58.0 Å². The van der Waals surface area contributed by atoms with Crippen LogP contribution in [0.3, 0.4) is 0 Å². The Bertz CT molecular complexity index is 521. The van der Waals surface area contributed by atoms with Gasteiger partial charge in [0.25, 0.3) is 0 Å². The van der Waals surface area contributed by atoms with Gasteiger partial charge in [-0.3, -0.25) is 4.79 Å². The molecule has 2 aliphatic heterocycles. The van der Waals surface area contributed by atoms with E-state index in [1.165, 1.54) is 44.6 Å². The van der Waals surface area contributed by atoms with Crippen molar-refractivity contribution < 1.29 is 4.79 Å². The number of carbonyl (C=O) groups is 1. The molecule has 0 aliphatic carbocycles. The number of piperidine rings is 1. The van der Waals surface area contributed by atoms with Crippen molar-refractivity contribution in [1.29, 1.82) is 0 Å². The molecule has 0 unspecified atom stereocenters. The Morgan fingerprint density at radius 1 is 1.21 bits per heavy atom. The average Bonchev–Trinajstić information content (AvgIpc) is 3.29. The third-order valence-electron chi connectivity index (χ3n) is 5.48. The van der Waals surface area contributed by atoms with Gasteiger partial charge in [0.1, 0.15) is 5.82 Å². The molecule has 1 amide bonds. The first-order valence-corrected chi connectivity index (χ1v) is 9.79. The Morgan fingerprint density at radius 3 is 2.83 bits per heavy atom. The van der Waals surface area contributed by atoms with Crippen LogP contribution in [0.4, 0.5) is 0 Å². The van der Waals surface area contributed by atoms with Crippen molar-refractivity contribution in [3.63, 3.8) is 0 Å². The zero-order chi connectivity index (χ0) is 16.8. The molecule has 3 rings (SSSR count). The maximum absolute atomic E-state index is 12.6. The van der Waals surface area contributed by atoms with Gasteiger partial charge in [-0.05, 0) is 45.2 Å². The maximum atomic E-state index is 12.6. The van der Waals surface area contributed by atoms with Crippen molar-refractivity contribution in [1.82, 2.24) is 19.4 Å². The van der Waals surface area contributed by atoms with Gasteiger partial charge in [-0.2, -0.15) is 0 Å². The highest BCUT2D eigenvalue weighted by Crippen LogP contribution is 2.26. The Kier molecular flexibility index (Phi) is 6.30. The third-order valence-corrected chi connectivity index (χ3v) is 5.48. The summed E-state index contributed by atoms with van der Waals surface area (Å²) >= 11 is 0. The van der Waals surface area contributed by atoms with Crippen molar-refractivity contribution in [3.8, 4) is 0 Å². The van der Waals surface area contributed by atoms with E-state index in [2.05, 4.69) is 32.5 Å². The number of likely N-dealkylation sites (tertiary alicyclic amines) is 2. The van der Waals surface area contributed by atoms with Crippen LogP contribution in [0.2, 0.25) is 0 Å². The fourth-order valence-electron chi connectivity index (χ4n) is 4.03. The molecule has 2 fully saturated rings. The molecule has 3 heterocycles. The number of carbonyl (C=O) groups excluding carboxylic acids is 1. The van der Waals surface area contributed by atoms with Gasteiger partial charge >= 0.3 is 0 Å². The van der Waals surface area contributed by atoms with E-state index < -0.39 is 0 Å². The molecule has 1 aromatic heterocycles. The number of hydrogen-bond donors (Lipinski definition) is 0. The molecule has 0 bridgehead atoms. The highest BCUT2D eigenvalue weighted by atomic mass is 16.2. The first kappa shape index (κ1) is 17.5. The summed E-state index contributed by atoms with van der Waals surface area (Å²) in [6, 6.07) is 0. The second kappa shape index (κ2) is 8.65. The predicted molar refractivity (Wildman–Crippen MR) is 96.0 cm³/mol. The lowest BCUT2D eigenvalue weighted by atomic mass is 9.96. The standard InChI is InChI=1S/C19H32N4O/c1-2-3-12-22-15-9-20-19(22)17-7-6-13-23(16-17)18(24)8-14-21-10-4-5-11-21/h9,15,17H,2-8,10-14,16H2,1H3/t17-/m0/s1. The third kappa shape index (κ3) is 4.38. The molecule has 5 nitrogen and oxygen atoms in total. The summed E-state index contributed by atoms with van der Waals surface area (Å²) in [5.41, 5.74) is 0. The van der Waals surface area contributed by atoms with E-state index in [0.29, 0.717) is 18.2 Å². The van der Waals surface area contributed by atoms with Gasteiger partial charge in [-0.1, -0.05) is 13.3 Å². The molecule has 24 heavy (non-hydrogen) atoms. The van der Waals surface area contributed by atoms with Crippen molar-refractivity contribution in [3.05, 3.63) is 18.2 Å². The van der Waals surface area contributed by atoms with E-state index in [9.17, 15) is 4.79 Å². The lowest BCUT2D eigenvalue weighted by molar-refractivity contribution is -0.132. The first-order valence-electron chi connectivity index (χ1n) is 9.79. The van der Waals surface area contributed by atoms with Crippen LogP contribution in [0.1, 0.15) is 63.6 Å². The van der Waals surface area contributed by atoms with Gasteiger partial charge in [-0.15, -0.1) is 0 Å². The van der Waals surface area contributed by atoms with E-state index in [1.807, 2.05) is 6.20 Å². The highest BCUT2D eigenvalue weighted by molar-refractivity contribution is 5.76. The van der Waals surface area contributed by atoms with Crippen molar-refractivity contribution in [2.75, 3.05) is 32.7 Å². The number of hydrogen-bond acceptors (Lipinski definition) is 3. The van der Waals surface area contributed by atoms with E-state index in [0.717, 1.165) is 39.0 Å². The number of nitrogens with zero attached hydrogens (tertiary/aromatic N) is 4. The normalized spacial score (nSPS) is 22.2. The monoisotopic (exact) mass is 332 g/mol. The topological polar surface area (TPSA) is 41.4 Å². The quantitative estimate of drug-likeness (QED) is 0.771. The Balaban J connectivity index is 1.53. The molecule has 0 saturated carbocycles. The van der Waals surface area contributed by atoms with Crippen molar-refractivity contribution >= 4 is 5.91 Å². The Labute approximate surface area is 146 Å². The largest absolute Gasteiger partial charge is 0.342 e. The Hall–Kier alpha value is -1.36. The average molecular weight is 332 g/mol. The SMILES string of the molecule is CCCCn1ccnc1[C@H]1CCCN(C(=O)CCN2CCCC2)C1. The molecule has 1 aromatic rings. The number of imidazole rings is 1. The van der Waals surface area contributed by atoms with E-state index in [-0.39, 0.29) is 0 Å². The molecule has 134 valence electrons. The van der Waals surface area contributed by atoms with Crippen LogP contribution in [0.5, 0.6) is 0 Å². The predicted octanol–water partition coefficient (Wildman–Crippen LogP) is 2.88. The summed E-state index contributed by atoms with van der Waals surface area (Å²) in [5.74, 6) is 1.92. The number of rotatable bonds is 7. The van der Waals surface area contributed by atoms with E-state index >= 15 is 0 Å². The van der Waals surface area contributed by atoms with Crippen molar-refractivity contribution in [2.24, 2.45) is 0 Å². The molecule has 0 N–H and O–H groups in total. The second-order valence-corrected chi connectivity index (χ2v) is 7.31. The second-order valence-electron chi connectivity index (χ2n) is 7.31. The Morgan fingerprint density at radius 2 is 2.04 bits per heavy atom. The first-order chi connectivity index (χ1) is 11.8. The summed E-state index contributed by atoms with van der Waals surface area (Å²) in [7, 11) is 0. The maximum Gasteiger partial charge on any atom is 0.223 e. The summed E-state index contributed by atoms with van der Waals surface area (Å²) in [5, 5.41) is 0. The summed E-state index contributed by atoms with van der Waals surface area (Å²) in [4.78, 5) is 21.7. The van der Waals surface area contributed by atoms with Crippen LogP contribution >= 0.6 is 0 Å². The van der Waals surface area contributed by atoms with Gasteiger partial charge in [0.15, 0.2) is 0 Å². The number of aryl methyl sites for hydroxylation is 1. The van der Waals surface area contributed by atoms with Crippen LogP contribution in [-0.2, 0) is 11.3 Å². The van der Waals surface area contributed by atoms with Crippen LogP contribution < -0.4 is 0 Å². The minimum absolute atomic E-state index is 0.332.